The number of primary amides is 2. The highest BCUT2D eigenvalue weighted by atomic mass is 32.2. The molecular formula is C73H96N12O15S. The summed E-state index contributed by atoms with van der Waals surface area (Å²) in [6.07, 6.45) is -2.79. The molecule has 0 saturated carbocycles. The maximum absolute atomic E-state index is 15.4. The van der Waals surface area contributed by atoms with Crippen molar-refractivity contribution in [1.82, 2.24) is 36.8 Å². The van der Waals surface area contributed by atoms with Crippen LogP contribution >= 0.6 is 11.8 Å². The molecule has 0 heterocycles. The van der Waals surface area contributed by atoms with Gasteiger partial charge in [0.1, 0.15) is 54.2 Å². The molecule has 0 bridgehead atoms. The highest BCUT2D eigenvalue weighted by Crippen LogP contribution is 2.25. The van der Waals surface area contributed by atoms with Gasteiger partial charge in [-0.05, 0) is 136 Å². The van der Waals surface area contributed by atoms with Gasteiger partial charge < -0.3 is 68.0 Å². The van der Waals surface area contributed by atoms with Crippen LogP contribution in [0, 0.1) is 11.8 Å². The van der Waals surface area contributed by atoms with Crippen molar-refractivity contribution in [2.24, 2.45) is 39.3 Å². The summed E-state index contributed by atoms with van der Waals surface area (Å²) in [7, 11) is 1.55. The summed E-state index contributed by atoms with van der Waals surface area (Å²) in [5.41, 5.74) is 19.8. The summed E-state index contributed by atoms with van der Waals surface area (Å²) >= 11 is 1.30. The SMILES string of the molecule is COc1ccc(N=Nc2ccc(COC(=O)[C@H]([C@@H](C)OCc3ccccc3)N(C(=O)OC(C)(C)C)C(=O)[C@H](CC(N)=O)NC(=O)[C@H](CCSC)NC(=O)[C@H](CC(C)C)NC(=O)[C@H](Cc3ccccc3)NC(=O)[C@H](CCC(N)=O)NC(=O)[C@@H](NC(=O)[C@@H](N)Cc3ccccc3)C(C)C)cc2)cc1. The molecule has 10 amide bonds. The van der Waals surface area contributed by atoms with Crippen LogP contribution in [0.4, 0.5) is 16.2 Å². The summed E-state index contributed by atoms with van der Waals surface area (Å²) in [6, 6.07) is 27.7. The van der Waals surface area contributed by atoms with Crippen LogP contribution in [-0.2, 0) is 88.2 Å². The average molecular weight is 1410 g/mol. The van der Waals surface area contributed by atoms with E-state index < -0.39 is 138 Å². The molecule has 0 aromatic heterocycles. The molecule has 0 spiro atoms. The molecule has 544 valence electrons. The second kappa shape index (κ2) is 40.9. The van der Waals surface area contributed by atoms with Crippen molar-refractivity contribution in [1.29, 1.82) is 0 Å². The zero-order valence-electron chi connectivity index (χ0n) is 58.8. The van der Waals surface area contributed by atoms with Crippen molar-refractivity contribution in [2.45, 2.75) is 174 Å². The Kier molecular flexibility index (Phi) is 33.0. The number of amides is 10. The first-order valence-electron chi connectivity index (χ1n) is 33.2. The molecule has 0 saturated heterocycles. The molecule has 0 aliphatic heterocycles. The van der Waals surface area contributed by atoms with Crippen molar-refractivity contribution >= 4 is 88.4 Å². The fraction of sp³-hybridized carbons (Fsp3) is 0.438. The van der Waals surface area contributed by atoms with Crippen LogP contribution in [0.3, 0.4) is 0 Å². The number of imide groups is 1. The summed E-state index contributed by atoms with van der Waals surface area (Å²) < 4.78 is 23.0. The lowest BCUT2D eigenvalue weighted by atomic mass is 9.99. The van der Waals surface area contributed by atoms with Crippen LogP contribution in [-0.4, -0.2) is 149 Å². The molecule has 5 aromatic carbocycles. The zero-order valence-corrected chi connectivity index (χ0v) is 59.6. The predicted molar refractivity (Wildman–Crippen MR) is 380 cm³/mol. The highest BCUT2D eigenvalue weighted by molar-refractivity contribution is 7.98. The van der Waals surface area contributed by atoms with Crippen LogP contribution < -0.4 is 53.8 Å². The molecule has 9 atom stereocenters. The van der Waals surface area contributed by atoms with E-state index in [1.807, 2.05) is 6.07 Å². The van der Waals surface area contributed by atoms with Gasteiger partial charge in [-0.3, -0.25) is 43.2 Å². The lowest BCUT2D eigenvalue weighted by Gasteiger charge is -2.35. The Labute approximate surface area is 593 Å². The first-order chi connectivity index (χ1) is 47.9. The molecule has 0 radical (unpaired) electrons. The normalized spacial score (nSPS) is 14.1. The van der Waals surface area contributed by atoms with Gasteiger partial charge in [0, 0.05) is 12.8 Å². The number of rotatable bonds is 39. The van der Waals surface area contributed by atoms with Crippen LogP contribution in [0.15, 0.2) is 150 Å². The van der Waals surface area contributed by atoms with E-state index >= 15 is 4.79 Å². The summed E-state index contributed by atoms with van der Waals surface area (Å²) in [5, 5.41) is 24.5. The number of esters is 1. The van der Waals surface area contributed by atoms with Gasteiger partial charge >= 0.3 is 12.1 Å². The second-order valence-corrected chi connectivity index (χ2v) is 26.9. The number of nitrogens with two attached hydrogens (primary N) is 3. The number of carbonyl (C=O) groups is 11. The monoisotopic (exact) mass is 1410 g/mol. The predicted octanol–water partition coefficient (Wildman–Crippen LogP) is 6.21. The maximum Gasteiger partial charge on any atom is 0.418 e. The molecule has 0 fully saturated rings. The van der Waals surface area contributed by atoms with E-state index in [0.29, 0.717) is 38.7 Å². The lowest BCUT2D eigenvalue weighted by molar-refractivity contribution is -0.163. The van der Waals surface area contributed by atoms with Gasteiger partial charge in [0.25, 0.3) is 5.91 Å². The third-order valence-corrected chi connectivity index (χ3v) is 16.2. The molecule has 5 rings (SSSR count). The van der Waals surface area contributed by atoms with Crippen LogP contribution in [0.25, 0.3) is 0 Å². The summed E-state index contributed by atoms with van der Waals surface area (Å²) in [4.78, 5) is 157. The number of thioether (sulfide) groups is 1. The van der Waals surface area contributed by atoms with Gasteiger partial charge in [0.05, 0.1) is 43.7 Å². The molecule has 0 aliphatic rings. The Hall–Kier alpha value is -10.1. The van der Waals surface area contributed by atoms with Crippen LogP contribution in [0.2, 0.25) is 0 Å². The fourth-order valence-electron chi connectivity index (χ4n) is 10.2. The minimum absolute atomic E-state index is 0.0343. The molecule has 12 N–H and O–H groups in total. The molecular weight excluding hydrogens is 1320 g/mol. The summed E-state index contributed by atoms with van der Waals surface area (Å²) in [6.45, 7) is 12.3. The molecule has 101 heavy (non-hydrogen) atoms. The Balaban J connectivity index is 1.43. The smallest absolute Gasteiger partial charge is 0.418 e. The molecule has 5 aromatic rings. The van der Waals surface area contributed by atoms with Crippen LogP contribution in [0.1, 0.15) is 110 Å². The van der Waals surface area contributed by atoms with Crippen molar-refractivity contribution in [3.05, 3.63) is 162 Å². The van der Waals surface area contributed by atoms with Gasteiger partial charge in [-0.25, -0.2) is 14.5 Å². The first kappa shape index (κ1) is 81.6. The van der Waals surface area contributed by atoms with E-state index in [1.165, 1.54) is 39.5 Å². The van der Waals surface area contributed by atoms with Crippen molar-refractivity contribution in [2.75, 3.05) is 19.1 Å². The van der Waals surface area contributed by atoms with Crippen molar-refractivity contribution in [3.8, 4) is 5.75 Å². The van der Waals surface area contributed by atoms with Gasteiger partial charge in [-0.1, -0.05) is 131 Å². The first-order valence-corrected chi connectivity index (χ1v) is 34.6. The topological polar surface area (TPSA) is 403 Å². The third-order valence-electron chi connectivity index (χ3n) is 15.5. The van der Waals surface area contributed by atoms with Gasteiger partial charge in [-0.2, -0.15) is 22.0 Å². The number of carbonyl (C=O) groups excluding carboxylic acids is 11. The lowest BCUT2D eigenvalue weighted by Crippen LogP contribution is -2.63. The Morgan fingerprint density at radius 2 is 1.01 bits per heavy atom. The third kappa shape index (κ3) is 28.2. The molecule has 0 unspecified atom stereocenters. The number of hydrogen-bond donors (Lipinski definition) is 9. The fourth-order valence-corrected chi connectivity index (χ4v) is 10.7. The second-order valence-electron chi connectivity index (χ2n) is 25.9. The van der Waals surface area contributed by atoms with Crippen molar-refractivity contribution in [3.63, 3.8) is 0 Å². The standard InChI is InChI=1S/C73H96N12O15S/c1-44(2)38-57(79-68(92)58(40-48-22-16-12-17-23-48)80-65(89)55(34-35-60(75)86)78-69(93)62(45(3)4)82-64(88)54(74)39-47-20-14-11-15-21-47)67(91)77-56(36-37-101-10)66(90)81-59(41-61(76)87)70(94)85(72(96)100-73(6,7)8)63(46(5)98-42-49-24-18-13-19-25-49)71(95)99-43-50-26-28-51(29-27-50)83-84-52-30-32-53(97-9)33-31-52/h11-33,44-46,54-59,62-63H,34-43,74H2,1-10H3,(H2,75,86)(H2,76,87)(H,77,91)(H,78,93)(H,79,92)(H,80,89)(H,81,90)(H,82,88)/t46-,54+,55+,56+,57+,58+,59+,62+,63+/m1/s1. The minimum atomic E-state index is -2.01. The zero-order chi connectivity index (χ0) is 74.3. The Morgan fingerprint density at radius 1 is 0.535 bits per heavy atom. The largest absolute Gasteiger partial charge is 0.497 e. The number of ether oxygens (including phenoxy) is 4. The number of nitrogens with zero attached hydrogens (tertiary/aromatic N) is 3. The van der Waals surface area contributed by atoms with E-state index in [4.69, 9.17) is 36.1 Å². The minimum Gasteiger partial charge on any atom is -0.497 e. The molecule has 28 heteroatoms. The Morgan fingerprint density at radius 3 is 1.52 bits per heavy atom. The maximum atomic E-state index is 15.4. The number of hydrogen-bond acceptors (Lipinski definition) is 19. The Bertz CT molecular complexity index is 3580. The average Bonchev–Trinajstić information content (AvgIpc) is 0.799. The number of nitrogens with one attached hydrogen (secondary N) is 6. The molecule has 27 nitrogen and oxygen atoms in total. The van der Waals surface area contributed by atoms with E-state index in [1.54, 1.807) is 175 Å². The quantitative estimate of drug-likeness (QED) is 0.0156. The van der Waals surface area contributed by atoms with E-state index in [9.17, 15) is 47.9 Å². The van der Waals surface area contributed by atoms with Gasteiger partial charge in [-0.15, -0.1) is 0 Å². The summed E-state index contributed by atoms with van der Waals surface area (Å²) in [5.74, 6) is -9.53. The van der Waals surface area contributed by atoms with Gasteiger partial charge in [0.2, 0.25) is 47.3 Å². The highest BCUT2D eigenvalue weighted by Gasteiger charge is 2.46. The number of benzene rings is 5. The van der Waals surface area contributed by atoms with E-state index in [0.717, 1.165) is 5.56 Å². The van der Waals surface area contributed by atoms with Crippen LogP contribution in [0.5, 0.6) is 5.75 Å². The number of azo groups is 1. The number of methoxy groups -OCH3 is 1. The van der Waals surface area contributed by atoms with E-state index in [2.05, 4.69) is 42.1 Å². The molecule has 0 aliphatic carbocycles. The van der Waals surface area contributed by atoms with Crippen molar-refractivity contribution < 1.29 is 71.7 Å². The van der Waals surface area contributed by atoms with Gasteiger partial charge in [0.15, 0.2) is 6.04 Å². The van der Waals surface area contributed by atoms with E-state index in [-0.39, 0.29) is 63.4 Å².